The zero-order valence-corrected chi connectivity index (χ0v) is 17.0. The van der Waals surface area contributed by atoms with Gasteiger partial charge in [0, 0.05) is 12.1 Å². The second-order valence-electron chi connectivity index (χ2n) is 7.46. The molecule has 2 amide bonds. The summed E-state index contributed by atoms with van der Waals surface area (Å²) in [6, 6.07) is 0.991. The van der Waals surface area contributed by atoms with Gasteiger partial charge >= 0.3 is 6.03 Å². The Hall–Kier alpha value is -0.420. The number of carbonyl (C=O) groups excluding carboxylic acids is 1. The largest absolute Gasteiger partial charge is 0.322 e. The molecule has 0 aromatic rings. The number of hydrogen-bond acceptors (Lipinski definition) is 2. The van der Waals surface area contributed by atoms with Gasteiger partial charge in [0.15, 0.2) is 0 Å². The van der Waals surface area contributed by atoms with Crippen molar-refractivity contribution in [2.75, 3.05) is 0 Å². The third-order valence-electron chi connectivity index (χ3n) is 5.60. The fourth-order valence-corrected chi connectivity index (χ4v) is 5.62. The van der Waals surface area contributed by atoms with E-state index in [1.807, 2.05) is 0 Å². The van der Waals surface area contributed by atoms with Crippen molar-refractivity contribution in [1.82, 2.24) is 10.2 Å². The summed E-state index contributed by atoms with van der Waals surface area (Å²) in [5, 5.41) is 4.17. The van der Waals surface area contributed by atoms with Crippen LogP contribution in [0.25, 0.3) is 0 Å². The number of halogens is 1. The Morgan fingerprint density at radius 2 is 1.75 bits per heavy atom. The van der Waals surface area contributed by atoms with Crippen molar-refractivity contribution in [2.24, 2.45) is 5.92 Å². The number of thioether (sulfide) groups is 1. The van der Waals surface area contributed by atoms with Gasteiger partial charge in [-0.2, -0.15) is 0 Å². The van der Waals surface area contributed by atoms with E-state index in [9.17, 15) is 4.79 Å². The van der Waals surface area contributed by atoms with Gasteiger partial charge in [-0.3, -0.25) is 0 Å². The predicted molar refractivity (Wildman–Crippen MR) is 106 cm³/mol. The highest BCUT2D eigenvalue weighted by Gasteiger charge is 2.34. The van der Waals surface area contributed by atoms with Gasteiger partial charge in [0.2, 0.25) is 0 Å². The molecule has 24 heavy (non-hydrogen) atoms. The summed E-state index contributed by atoms with van der Waals surface area (Å²) in [7, 11) is 0. The molecule has 0 atom stereocenters. The minimum Gasteiger partial charge on any atom is -0.319 e. The summed E-state index contributed by atoms with van der Waals surface area (Å²) < 4.78 is 1.09. The number of nitrogens with one attached hydrogen (secondary N) is 1. The maximum atomic E-state index is 13.1. The minimum atomic E-state index is 0.127. The van der Waals surface area contributed by atoms with Gasteiger partial charge in [0.05, 0.1) is 8.84 Å². The molecule has 0 saturated heterocycles. The number of rotatable bonds is 3. The van der Waals surface area contributed by atoms with Crippen molar-refractivity contribution in [3.8, 4) is 0 Å². The molecule has 134 valence electrons. The third-order valence-corrected chi connectivity index (χ3v) is 7.26. The van der Waals surface area contributed by atoms with Crippen molar-refractivity contribution in [3.05, 3.63) is 21.0 Å². The lowest BCUT2D eigenvalue weighted by molar-refractivity contribution is 0.0988. The summed E-state index contributed by atoms with van der Waals surface area (Å²) in [4.78, 5) is 15.4. The van der Waals surface area contributed by atoms with Crippen LogP contribution >= 0.6 is 27.7 Å². The van der Waals surface area contributed by atoms with E-state index in [0.29, 0.717) is 12.1 Å². The Kier molecular flexibility index (Phi) is 6.73. The maximum absolute atomic E-state index is 13.1. The van der Waals surface area contributed by atoms with E-state index < -0.39 is 0 Å². The van der Waals surface area contributed by atoms with Crippen molar-refractivity contribution in [3.63, 3.8) is 0 Å². The summed E-state index contributed by atoms with van der Waals surface area (Å²) in [6.45, 7) is 2.34. The topological polar surface area (TPSA) is 32.3 Å². The van der Waals surface area contributed by atoms with Crippen LogP contribution in [0.4, 0.5) is 4.79 Å². The lowest BCUT2D eigenvalue weighted by Gasteiger charge is -2.42. The number of nitrogens with zero attached hydrogens (tertiary/aromatic N) is 1. The van der Waals surface area contributed by atoms with Crippen LogP contribution in [-0.2, 0) is 0 Å². The van der Waals surface area contributed by atoms with Gasteiger partial charge in [-0.1, -0.05) is 44.0 Å². The van der Waals surface area contributed by atoms with Gasteiger partial charge in [-0.15, -0.1) is 0 Å². The Morgan fingerprint density at radius 3 is 2.42 bits per heavy atom. The maximum Gasteiger partial charge on any atom is 0.322 e. The van der Waals surface area contributed by atoms with Crippen molar-refractivity contribution < 1.29 is 4.79 Å². The molecule has 2 saturated carbocycles. The van der Waals surface area contributed by atoms with E-state index in [1.165, 1.54) is 57.8 Å². The molecular formula is C19H29BrN2OS. The molecule has 2 fully saturated rings. The quantitative estimate of drug-likeness (QED) is 0.604. The number of amides is 2. The smallest absolute Gasteiger partial charge is 0.319 e. The first-order valence-corrected chi connectivity index (χ1v) is 11.1. The average molecular weight is 413 g/mol. The van der Waals surface area contributed by atoms with Crippen LogP contribution in [0.2, 0.25) is 0 Å². The van der Waals surface area contributed by atoms with Gasteiger partial charge in [-0.05, 0) is 72.9 Å². The van der Waals surface area contributed by atoms with E-state index in [2.05, 4.69) is 45.2 Å². The van der Waals surface area contributed by atoms with Crippen LogP contribution in [0, 0.1) is 5.92 Å². The van der Waals surface area contributed by atoms with Crippen molar-refractivity contribution >= 4 is 33.7 Å². The van der Waals surface area contributed by atoms with Crippen LogP contribution in [0.1, 0.15) is 71.1 Å². The molecule has 0 unspecified atom stereocenters. The minimum absolute atomic E-state index is 0.127. The molecule has 0 spiro atoms. The summed E-state index contributed by atoms with van der Waals surface area (Å²) in [5.74, 6) is 0.815. The van der Waals surface area contributed by atoms with Crippen molar-refractivity contribution in [2.45, 2.75) is 83.2 Å². The fraction of sp³-hybridized carbons (Fsp3) is 0.737. The predicted octanol–water partition coefficient (Wildman–Crippen LogP) is 6.12. The first-order valence-electron chi connectivity index (χ1n) is 9.46. The van der Waals surface area contributed by atoms with E-state index >= 15 is 0 Å². The van der Waals surface area contributed by atoms with Gasteiger partial charge < -0.3 is 10.2 Å². The van der Waals surface area contributed by atoms with E-state index in [-0.39, 0.29) is 6.03 Å². The van der Waals surface area contributed by atoms with Gasteiger partial charge in [0.1, 0.15) is 0 Å². The standard InChI is InChI=1S/C19H29BrN2OS/c1-14-10-12-16(13-11-14)22(15-6-3-2-4-7-15)19(23)21-18-9-5-8-17(20)24-18/h8-9,14-16H,2-7,10-13H2,1H3,(H,21,23). The van der Waals surface area contributed by atoms with E-state index in [4.69, 9.17) is 0 Å². The average Bonchev–Trinajstić information content (AvgIpc) is 2.58. The highest BCUT2D eigenvalue weighted by atomic mass is 79.9. The number of allylic oxidation sites excluding steroid dienone is 2. The molecule has 2 aliphatic carbocycles. The third kappa shape index (κ3) is 4.81. The second kappa shape index (κ2) is 8.79. The van der Waals surface area contributed by atoms with Crippen LogP contribution in [0.5, 0.6) is 0 Å². The number of carbonyl (C=O) groups is 1. The first-order chi connectivity index (χ1) is 11.6. The molecule has 0 radical (unpaired) electrons. The number of urea groups is 1. The molecule has 3 aliphatic rings. The summed E-state index contributed by atoms with van der Waals surface area (Å²) in [5.41, 5.74) is 0. The molecule has 1 N–H and O–H groups in total. The highest BCUT2D eigenvalue weighted by Crippen LogP contribution is 2.35. The zero-order chi connectivity index (χ0) is 16.9. The van der Waals surface area contributed by atoms with Gasteiger partial charge in [0.25, 0.3) is 0 Å². The lowest BCUT2D eigenvalue weighted by atomic mass is 9.84. The molecule has 0 aromatic heterocycles. The lowest BCUT2D eigenvalue weighted by Crippen LogP contribution is -2.52. The SMILES string of the molecule is CC1CCC(N(C(=O)NC2=CCC=C(Br)S2)C2CCCCC2)CC1. The second-order valence-corrected chi connectivity index (χ2v) is 9.92. The molecule has 3 nitrogen and oxygen atoms in total. The summed E-state index contributed by atoms with van der Waals surface area (Å²) in [6.07, 6.45) is 16.2. The van der Waals surface area contributed by atoms with E-state index in [1.54, 1.807) is 11.8 Å². The van der Waals surface area contributed by atoms with E-state index in [0.717, 1.165) is 21.2 Å². The van der Waals surface area contributed by atoms with Crippen LogP contribution < -0.4 is 5.32 Å². The monoisotopic (exact) mass is 412 g/mol. The highest BCUT2D eigenvalue weighted by molar-refractivity contribution is 9.14. The van der Waals surface area contributed by atoms with Crippen molar-refractivity contribution in [1.29, 1.82) is 0 Å². The zero-order valence-electron chi connectivity index (χ0n) is 14.6. The Labute approximate surface area is 158 Å². The van der Waals surface area contributed by atoms with Gasteiger partial charge in [-0.25, -0.2) is 4.79 Å². The van der Waals surface area contributed by atoms with Crippen LogP contribution in [0.3, 0.4) is 0 Å². The normalized spacial score (nSPS) is 28.8. The Balaban J connectivity index is 1.68. The Morgan fingerprint density at radius 1 is 1.08 bits per heavy atom. The molecule has 1 aliphatic heterocycles. The molecule has 1 heterocycles. The fourth-order valence-electron chi connectivity index (χ4n) is 4.20. The summed E-state index contributed by atoms with van der Waals surface area (Å²) >= 11 is 5.14. The van der Waals surface area contributed by atoms with Crippen LogP contribution in [-0.4, -0.2) is 23.0 Å². The number of hydrogen-bond donors (Lipinski definition) is 1. The molecular weight excluding hydrogens is 384 g/mol. The molecule has 0 bridgehead atoms. The molecule has 5 heteroatoms. The molecule has 0 aromatic carbocycles. The molecule has 3 rings (SSSR count). The first kappa shape index (κ1) is 18.4. The van der Waals surface area contributed by atoms with Crippen LogP contribution in [0.15, 0.2) is 21.0 Å². The Bertz CT molecular complexity index is 505.